The Morgan fingerprint density at radius 3 is 2.75 bits per heavy atom. The highest BCUT2D eigenvalue weighted by molar-refractivity contribution is 7.18. The second-order valence-electron chi connectivity index (χ2n) is 4.59. The van der Waals surface area contributed by atoms with Crippen molar-refractivity contribution >= 4 is 21.6 Å². The summed E-state index contributed by atoms with van der Waals surface area (Å²) < 4.78 is 6.44. The number of aromatic nitrogens is 1. The molecule has 0 spiro atoms. The lowest BCUT2D eigenvalue weighted by molar-refractivity contribution is 0.415. The average molecular weight is 235 g/mol. The standard InChI is InChI=1S/C13H17NOS/c1-5-13(2,3)12-14-10-8-9(15-4)6-7-11(10)16-12/h6-8H,5H2,1-4H3. The van der Waals surface area contributed by atoms with Gasteiger partial charge >= 0.3 is 0 Å². The van der Waals surface area contributed by atoms with Gasteiger partial charge in [-0.2, -0.15) is 0 Å². The maximum Gasteiger partial charge on any atom is 0.121 e. The fraction of sp³-hybridized carbons (Fsp3) is 0.462. The van der Waals surface area contributed by atoms with Gasteiger partial charge in [-0.1, -0.05) is 20.8 Å². The van der Waals surface area contributed by atoms with Crippen molar-refractivity contribution in [3.63, 3.8) is 0 Å². The number of hydrogen-bond acceptors (Lipinski definition) is 3. The van der Waals surface area contributed by atoms with Crippen molar-refractivity contribution in [1.82, 2.24) is 4.98 Å². The molecule has 86 valence electrons. The Hall–Kier alpha value is -1.09. The molecule has 1 aromatic heterocycles. The molecule has 0 fully saturated rings. The third-order valence-corrected chi connectivity index (χ3v) is 4.46. The molecule has 2 aromatic rings. The minimum Gasteiger partial charge on any atom is -0.497 e. The molecule has 0 amide bonds. The Labute approximate surface area is 100 Å². The van der Waals surface area contributed by atoms with Gasteiger partial charge in [-0.15, -0.1) is 11.3 Å². The minimum absolute atomic E-state index is 0.164. The highest BCUT2D eigenvalue weighted by Gasteiger charge is 2.22. The first-order chi connectivity index (χ1) is 7.56. The van der Waals surface area contributed by atoms with Gasteiger partial charge in [-0.25, -0.2) is 4.98 Å². The molecule has 0 radical (unpaired) electrons. The van der Waals surface area contributed by atoms with Crippen molar-refractivity contribution in [2.75, 3.05) is 7.11 Å². The van der Waals surface area contributed by atoms with Crippen LogP contribution in [0.2, 0.25) is 0 Å². The Bertz CT molecular complexity index is 502. The molecule has 1 heterocycles. The number of methoxy groups -OCH3 is 1. The molecule has 0 bridgehead atoms. The molecule has 0 aliphatic rings. The van der Waals surface area contributed by atoms with Gasteiger partial charge in [0.2, 0.25) is 0 Å². The van der Waals surface area contributed by atoms with Gasteiger partial charge < -0.3 is 4.74 Å². The van der Waals surface area contributed by atoms with Gasteiger partial charge in [-0.05, 0) is 18.6 Å². The van der Waals surface area contributed by atoms with Gasteiger partial charge in [0.15, 0.2) is 0 Å². The van der Waals surface area contributed by atoms with Crippen LogP contribution in [0.15, 0.2) is 18.2 Å². The van der Waals surface area contributed by atoms with E-state index in [0.29, 0.717) is 0 Å². The monoisotopic (exact) mass is 235 g/mol. The number of fused-ring (bicyclic) bond motifs is 1. The summed E-state index contributed by atoms with van der Waals surface area (Å²) in [4.78, 5) is 4.70. The van der Waals surface area contributed by atoms with Gasteiger partial charge in [-0.3, -0.25) is 0 Å². The number of thiazole rings is 1. The molecule has 3 heteroatoms. The highest BCUT2D eigenvalue weighted by atomic mass is 32.1. The maximum absolute atomic E-state index is 5.21. The number of ether oxygens (including phenoxy) is 1. The molecule has 0 aliphatic carbocycles. The summed E-state index contributed by atoms with van der Waals surface area (Å²) in [5.41, 5.74) is 1.21. The quantitative estimate of drug-likeness (QED) is 0.802. The van der Waals surface area contributed by atoms with Crippen LogP contribution in [0.25, 0.3) is 10.2 Å². The lowest BCUT2D eigenvalue weighted by atomic mass is 9.91. The number of nitrogens with zero attached hydrogens (tertiary/aromatic N) is 1. The van der Waals surface area contributed by atoms with Crippen LogP contribution in [0, 0.1) is 0 Å². The average Bonchev–Trinajstić information content (AvgIpc) is 2.72. The second-order valence-corrected chi connectivity index (χ2v) is 5.62. The van der Waals surface area contributed by atoms with Crippen LogP contribution in [0.4, 0.5) is 0 Å². The van der Waals surface area contributed by atoms with Crippen molar-refractivity contribution in [2.24, 2.45) is 0 Å². The summed E-state index contributed by atoms with van der Waals surface area (Å²) in [6.45, 7) is 6.68. The summed E-state index contributed by atoms with van der Waals surface area (Å²) in [5.74, 6) is 0.874. The first kappa shape index (κ1) is 11.4. The Morgan fingerprint density at radius 1 is 1.38 bits per heavy atom. The van der Waals surface area contributed by atoms with E-state index in [1.807, 2.05) is 12.1 Å². The molecular formula is C13H17NOS. The van der Waals surface area contributed by atoms with E-state index in [2.05, 4.69) is 26.8 Å². The van der Waals surface area contributed by atoms with Crippen molar-refractivity contribution in [1.29, 1.82) is 0 Å². The third kappa shape index (κ3) is 1.92. The Kier molecular flexibility index (Phi) is 2.89. The molecule has 0 aliphatic heterocycles. The molecule has 0 atom stereocenters. The van der Waals surface area contributed by atoms with Crippen molar-refractivity contribution in [3.05, 3.63) is 23.2 Å². The largest absolute Gasteiger partial charge is 0.497 e. The van der Waals surface area contributed by atoms with Gasteiger partial charge in [0.25, 0.3) is 0 Å². The van der Waals surface area contributed by atoms with E-state index in [-0.39, 0.29) is 5.41 Å². The summed E-state index contributed by atoms with van der Waals surface area (Å²) >= 11 is 1.78. The number of hydrogen-bond donors (Lipinski definition) is 0. The van der Waals surface area contributed by atoms with E-state index >= 15 is 0 Å². The predicted octanol–water partition coefficient (Wildman–Crippen LogP) is 3.99. The van der Waals surface area contributed by atoms with Crippen LogP contribution >= 0.6 is 11.3 Å². The molecular weight excluding hydrogens is 218 g/mol. The summed E-state index contributed by atoms with van der Waals surface area (Å²) in [6, 6.07) is 6.07. The van der Waals surface area contributed by atoms with E-state index < -0.39 is 0 Å². The second kappa shape index (κ2) is 4.06. The van der Waals surface area contributed by atoms with Crippen LogP contribution in [-0.4, -0.2) is 12.1 Å². The molecule has 0 unspecified atom stereocenters. The molecule has 0 N–H and O–H groups in total. The lowest BCUT2D eigenvalue weighted by Crippen LogP contribution is -2.14. The minimum atomic E-state index is 0.164. The number of rotatable bonds is 3. The lowest BCUT2D eigenvalue weighted by Gasteiger charge is -2.18. The van der Waals surface area contributed by atoms with E-state index in [1.165, 1.54) is 9.71 Å². The smallest absolute Gasteiger partial charge is 0.121 e. The summed E-state index contributed by atoms with van der Waals surface area (Å²) in [6.07, 6.45) is 1.10. The Morgan fingerprint density at radius 2 is 2.12 bits per heavy atom. The van der Waals surface area contributed by atoms with Crippen LogP contribution in [0.5, 0.6) is 5.75 Å². The molecule has 2 rings (SSSR count). The van der Waals surface area contributed by atoms with E-state index in [9.17, 15) is 0 Å². The van der Waals surface area contributed by atoms with Gasteiger partial charge in [0.05, 0.1) is 22.3 Å². The van der Waals surface area contributed by atoms with Crippen molar-refractivity contribution in [2.45, 2.75) is 32.6 Å². The molecule has 0 saturated carbocycles. The number of benzene rings is 1. The topological polar surface area (TPSA) is 22.1 Å². The molecule has 1 aromatic carbocycles. The summed E-state index contributed by atoms with van der Waals surface area (Å²) in [7, 11) is 1.68. The normalized spacial score (nSPS) is 12.0. The van der Waals surface area contributed by atoms with Gasteiger partial charge in [0.1, 0.15) is 5.75 Å². The zero-order valence-corrected chi connectivity index (χ0v) is 11.0. The maximum atomic E-state index is 5.21. The first-order valence-electron chi connectivity index (χ1n) is 5.52. The first-order valence-corrected chi connectivity index (χ1v) is 6.33. The molecule has 2 nitrogen and oxygen atoms in total. The molecule has 0 saturated heterocycles. The van der Waals surface area contributed by atoms with E-state index in [1.54, 1.807) is 18.4 Å². The van der Waals surface area contributed by atoms with Gasteiger partial charge in [0, 0.05) is 11.5 Å². The van der Waals surface area contributed by atoms with Crippen LogP contribution in [-0.2, 0) is 5.41 Å². The fourth-order valence-corrected chi connectivity index (χ4v) is 2.59. The zero-order chi connectivity index (χ0) is 11.8. The van der Waals surface area contributed by atoms with Crippen molar-refractivity contribution < 1.29 is 4.74 Å². The SMILES string of the molecule is CCC(C)(C)c1nc2cc(OC)ccc2s1. The predicted molar refractivity (Wildman–Crippen MR) is 69.5 cm³/mol. The Balaban J connectivity index is 2.52. The van der Waals surface area contributed by atoms with E-state index in [4.69, 9.17) is 9.72 Å². The summed E-state index contributed by atoms with van der Waals surface area (Å²) in [5, 5.41) is 1.21. The van der Waals surface area contributed by atoms with Crippen LogP contribution in [0.1, 0.15) is 32.2 Å². The highest BCUT2D eigenvalue weighted by Crippen LogP contribution is 2.34. The van der Waals surface area contributed by atoms with Crippen molar-refractivity contribution in [3.8, 4) is 5.75 Å². The van der Waals surface area contributed by atoms with E-state index in [0.717, 1.165) is 17.7 Å². The fourth-order valence-electron chi connectivity index (χ4n) is 1.47. The van der Waals surface area contributed by atoms with Crippen LogP contribution in [0.3, 0.4) is 0 Å². The third-order valence-electron chi connectivity index (χ3n) is 3.06. The zero-order valence-electron chi connectivity index (χ0n) is 10.2. The van der Waals surface area contributed by atoms with Crippen LogP contribution < -0.4 is 4.74 Å². The molecule has 16 heavy (non-hydrogen) atoms.